The van der Waals surface area contributed by atoms with Gasteiger partial charge in [0.15, 0.2) is 0 Å². The lowest BCUT2D eigenvalue weighted by atomic mass is 10.2. The Morgan fingerprint density at radius 2 is 2.00 bits per heavy atom. The zero-order valence-corrected chi connectivity index (χ0v) is 14.5. The number of nitrogens with zero attached hydrogens (tertiary/aromatic N) is 2. The largest absolute Gasteiger partial charge is 0.314 e. The fourth-order valence-electron chi connectivity index (χ4n) is 2.26. The molecule has 1 N–H and O–H groups in total. The van der Waals surface area contributed by atoms with E-state index in [2.05, 4.69) is 20.6 Å². The highest BCUT2D eigenvalue weighted by atomic mass is 35.5. The minimum absolute atomic E-state index is 0. The minimum Gasteiger partial charge on any atom is -0.314 e. The van der Waals surface area contributed by atoms with Gasteiger partial charge < -0.3 is 5.32 Å². The van der Waals surface area contributed by atoms with Crippen LogP contribution in [0.3, 0.4) is 0 Å². The van der Waals surface area contributed by atoms with Crippen molar-refractivity contribution in [3.63, 3.8) is 0 Å². The van der Waals surface area contributed by atoms with Crippen molar-refractivity contribution in [2.45, 2.75) is 6.54 Å². The zero-order valence-electron chi connectivity index (χ0n) is 11.3. The Labute approximate surface area is 144 Å². The van der Waals surface area contributed by atoms with Crippen LogP contribution in [0.5, 0.6) is 0 Å². The summed E-state index contributed by atoms with van der Waals surface area (Å²) in [4.78, 5) is 7.11. The van der Waals surface area contributed by atoms with E-state index in [0.717, 1.165) is 49.0 Å². The molecule has 0 bridgehead atoms. The molecule has 3 nitrogen and oxygen atoms in total. The van der Waals surface area contributed by atoms with Crippen molar-refractivity contribution in [3.8, 4) is 11.3 Å². The maximum atomic E-state index is 6.22. The fraction of sp³-hybridized carbons (Fsp3) is 0.357. The molecule has 1 aliphatic rings. The fourth-order valence-corrected chi connectivity index (χ4v) is 3.48. The summed E-state index contributed by atoms with van der Waals surface area (Å²) in [6.07, 6.45) is 0. The molecular weight excluding hydrogens is 349 g/mol. The van der Waals surface area contributed by atoms with Crippen molar-refractivity contribution >= 4 is 46.9 Å². The van der Waals surface area contributed by atoms with Gasteiger partial charge in [0.05, 0.1) is 17.3 Å². The van der Waals surface area contributed by atoms with Gasteiger partial charge in [0, 0.05) is 42.1 Å². The van der Waals surface area contributed by atoms with Gasteiger partial charge in [-0.15, -0.1) is 23.7 Å². The average molecular weight is 365 g/mol. The van der Waals surface area contributed by atoms with Gasteiger partial charge in [0.1, 0.15) is 5.01 Å². The van der Waals surface area contributed by atoms with Crippen molar-refractivity contribution in [1.82, 2.24) is 15.2 Å². The predicted molar refractivity (Wildman–Crippen MR) is 93.0 cm³/mol. The van der Waals surface area contributed by atoms with E-state index in [1.807, 2.05) is 12.1 Å². The lowest BCUT2D eigenvalue weighted by Crippen LogP contribution is -2.42. The maximum absolute atomic E-state index is 6.22. The van der Waals surface area contributed by atoms with E-state index in [0.29, 0.717) is 10.0 Å². The van der Waals surface area contributed by atoms with E-state index in [-0.39, 0.29) is 12.4 Å². The van der Waals surface area contributed by atoms with Crippen molar-refractivity contribution in [2.75, 3.05) is 26.2 Å². The summed E-state index contributed by atoms with van der Waals surface area (Å²) < 4.78 is 0. The van der Waals surface area contributed by atoms with Gasteiger partial charge in [0.2, 0.25) is 0 Å². The SMILES string of the molecule is Cl.Clc1ccc(Cl)c(-c2csc(CN3CCNCC3)n2)c1. The molecule has 0 aliphatic carbocycles. The summed E-state index contributed by atoms with van der Waals surface area (Å²) in [7, 11) is 0. The number of hydrogen-bond acceptors (Lipinski definition) is 4. The quantitative estimate of drug-likeness (QED) is 0.894. The van der Waals surface area contributed by atoms with Crippen LogP contribution in [0.15, 0.2) is 23.6 Å². The van der Waals surface area contributed by atoms with Gasteiger partial charge in [-0.05, 0) is 18.2 Å². The first-order chi connectivity index (χ1) is 9.72. The molecule has 0 saturated carbocycles. The van der Waals surface area contributed by atoms with Crippen LogP contribution in [-0.4, -0.2) is 36.1 Å². The number of hydrogen-bond donors (Lipinski definition) is 1. The molecule has 1 aromatic carbocycles. The van der Waals surface area contributed by atoms with Gasteiger partial charge in [-0.2, -0.15) is 0 Å². The molecule has 1 aliphatic heterocycles. The number of benzene rings is 1. The van der Waals surface area contributed by atoms with Crippen LogP contribution in [0.25, 0.3) is 11.3 Å². The lowest BCUT2D eigenvalue weighted by Gasteiger charge is -2.26. The number of halogens is 3. The van der Waals surface area contributed by atoms with Crippen LogP contribution in [0.1, 0.15) is 5.01 Å². The highest BCUT2D eigenvalue weighted by Crippen LogP contribution is 2.31. The van der Waals surface area contributed by atoms with E-state index >= 15 is 0 Å². The van der Waals surface area contributed by atoms with E-state index in [1.165, 1.54) is 0 Å². The second kappa shape index (κ2) is 7.77. The van der Waals surface area contributed by atoms with Crippen molar-refractivity contribution in [2.24, 2.45) is 0 Å². The van der Waals surface area contributed by atoms with Crippen molar-refractivity contribution in [3.05, 3.63) is 38.6 Å². The first kappa shape index (κ1) is 17.0. The number of piperazine rings is 1. The molecule has 7 heteroatoms. The summed E-state index contributed by atoms with van der Waals surface area (Å²) in [6.45, 7) is 5.17. The molecule has 0 unspecified atom stereocenters. The second-order valence-corrected chi connectivity index (χ2v) is 6.56. The Bertz CT molecular complexity index is 597. The minimum atomic E-state index is 0. The molecule has 1 fully saturated rings. The second-order valence-electron chi connectivity index (χ2n) is 4.78. The average Bonchev–Trinajstić information content (AvgIpc) is 2.91. The van der Waals surface area contributed by atoms with Gasteiger partial charge >= 0.3 is 0 Å². The molecule has 0 spiro atoms. The first-order valence-corrected chi connectivity index (χ1v) is 8.19. The molecule has 114 valence electrons. The van der Waals surface area contributed by atoms with Crippen LogP contribution in [-0.2, 0) is 6.54 Å². The summed E-state index contributed by atoms with van der Waals surface area (Å²) in [5, 5.41) is 7.90. The number of rotatable bonds is 3. The van der Waals surface area contributed by atoms with E-state index < -0.39 is 0 Å². The van der Waals surface area contributed by atoms with E-state index in [9.17, 15) is 0 Å². The van der Waals surface area contributed by atoms with Gasteiger partial charge in [-0.1, -0.05) is 23.2 Å². The van der Waals surface area contributed by atoms with Crippen molar-refractivity contribution < 1.29 is 0 Å². The molecule has 2 heterocycles. The Hall–Kier alpha value is -0.360. The topological polar surface area (TPSA) is 28.2 Å². The number of nitrogens with one attached hydrogen (secondary N) is 1. The molecule has 2 aromatic rings. The highest BCUT2D eigenvalue weighted by Gasteiger charge is 2.13. The van der Waals surface area contributed by atoms with Gasteiger partial charge in [-0.25, -0.2) is 4.98 Å². The van der Waals surface area contributed by atoms with Crippen LogP contribution < -0.4 is 5.32 Å². The number of aromatic nitrogens is 1. The summed E-state index contributed by atoms with van der Waals surface area (Å²) in [6, 6.07) is 5.48. The Morgan fingerprint density at radius 3 is 2.76 bits per heavy atom. The Kier molecular flexibility index (Phi) is 6.29. The van der Waals surface area contributed by atoms with Crippen LogP contribution in [0.4, 0.5) is 0 Å². The third-order valence-corrected chi connectivity index (χ3v) is 4.72. The molecule has 3 rings (SSSR count). The molecule has 0 atom stereocenters. The standard InChI is InChI=1S/C14H15Cl2N3S.ClH/c15-10-1-2-12(16)11(7-10)13-9-20-14(18-13)8-19-5-3-17-4-6-19;/h1-2,7,9,17H,3-6,8H2;1H. The van der Waals surface area contributed by atoms with Gasteiger partial charge in [0.25, 0.3) is 0 Å². The molecule has 0 amide bonds. The molecule has 1 aromatic heterocycles. The molecule has 21 heavy (non-hydrogen) atoms. The Balaban J connectivity index is 0.00000161. The monoisotopic (exact) mass is 363 g/mol. The van der Waals surface area contributed by atoms with Crippen LogP contribution >= 0.6 is 46.9 Å². The smallest absolute Gasteiger partial charge is 0.107 e. The van der Waals surface area contributed by atoms with Crippen LogP contribution in [0.2, 0.25) is 10.0 Å². The van der Waals surface area contributed by atoms with Crippen molar-refractivity contribution in [1.29, 1.82) is 0 Å². The maximum Gasteiger partial charge on any atom is 0.107 e. The summed E-state index contributed by atoms with van der Waals surface area (Å²) in [5.41, 5.74) is 1.81. The normalized spacial score (nSPS) is 15.7. The molecular formula is C14H16Cl3N3S. The molecule has 1 saturated heterocycles. The summed E-state index contributed by atoms with van der Waals surface area (Å²) in [5.74, 6) is 0. The van der Waals surface area contributed by atoms with E-state index in [1.54, 1.807) is 17.4 Å². The third kappa shape index (κ3) is 4.31. The van der Waals surface area contributed by atoms with Gasteiger partial charge in [-0.3, -0.25) is 4.90 Å². The zero-order chi connectivity index (χ0) is 13.9. The number of thiazole rings is 1. The van der Waals surface area contributed by atoms with Crippen LogP contribution in [0, 0.1) is 0 Å². The predicted octanol–water partition coefficient (Wildman–Crippen LogP) is 3.94. The first-order valence-electron chi connectivity index (χ1n) is 6.55. The van der Waals surface area contributed by atoms with E-state index in [4.69, 9.17) is 23.2 Å². The third-order valence-electron chi connectivity index (χ3n) is 3.32. The molecule has 0 radical (unpaired) electrons. The Morgan fingerprint density at radius 1 is 1.24 bits per heavy atom. The summed E-state index contributed by atoms with van der Waals surface area (Å²) >= 11 is 13.9. The highest BCUT2D eigenvalue weighted by molar-refractivity contribution is 7.09. The lowest BCUT2D eigenvalue weighted by molar-refractivity contribution is 0.233.